The van der Waals surface area contributed by atoms with Crippen molar-refractivity contribution in [2.75, 3.05) is 13.7 Å². The van der Waals surface area contributed by atoms with E-state index in [1.54, 1.807) is 20.0 Å². The Balaban J connectivity index is 4.18. The molecule has 0 amide bonds. The Morgan fingerprint density at radius 1 is 1.82 bits per heavy atom. The van der Waals surface area contributed by atoms with Gasteiger partial charge < -0.3 is 10.1 Å². The van der Waals surface area contributed by atoms with Crippen LogP contribution in [0.4, 0.5) is 0 Å². The van der Waals surface area contributed by atoms with Crippen molar-refractivity contribution in [3.05, 3.63) is 11.8 Å². The van der Waals surface area contributed by atoms with E-state index in [4.69, 9.17) is 5.26 Å². The number of carbonyl (C=O) groups excluding carboxylic acids is 1. The van der Waals surface area contributed by atoms with Crippen LogP contribution < -0.4 is 5.32 Å². The molecule has 0 aliphatic rings. The first-order valence-corrected chi connectivity index (χ1v) is 3.20. The van der Waals surface area contributed by atoms with Crippen LogP contribution in [0.5, 0.6) is 0 Å². The number of nitrogens with one attached hydrogen (secondary N) is 1. The van der Waals surface area contributed by atoms with E-state index in [1.165, 1.54) is 6.20 Å². The number of nitrogens with zero attached hydrogens (tertiary/aromatic N) is 1. The van der Waals surface area contributed by atoms with Crippen molar-refractivity contribution in [3.8, 4) is 6.07 Å². The Morgan fingerprint density at radius 2 is 2.45 bits per heavy atom. The van der Waals surface area contributed by atoms with Crippen LogP contribution in [0, 0.1) is 11.3 Å². The standard InChI is InChI=1S/C7H10N2O2/c1-3-11-7(10)6(4-8)5-9-2/h5,9H,3H2,1-2H3. The molecule has 0 aromatic heterocycles. The maximum atomic E-state index is 10.8. The van der Waals surface area contributed by atoms with Crippen molar-refractivity contribution >= 4 is 5.97 Å². The summed E-state index contributed by atoms with van der Waals surface area (Å²) in [4.78, 5) is 10.8. The molecule has 4 nitrogen and oxygen atoms in total. The molecule has 0 radical (unpaired) electrons. The van der Waals surface area contributed by atoms with Gasteiger partial charge in [-0.1, -0.05) is 0 Å². The lowest BCUT2D eigenvalue weighted by Gasteiger charge is -1.97. The monoisotopic (exact) mass is 154 g/mol. The fourth-order valence-electron chi connectivity index (χ4n) is 0.490. The maximum Gasteiger partial charge on any atom is 0.350 e. The van der Waals surface area contributed by atoms with Crippen LogP contribution in [-0.4, -0.2) is 19.6 Å². The molecule has 0 aromatic carbocycles. The second kappa shape index (κ2) is 5.30. The molecule has 0 aliphatic carbocycles. The van der Waals surface area contributed by atoms with Gasteiger partial charge in [-0.2, -0.15) is 5.26 Å². The predicted octanol–water partition coefficient (Wildman–Crippen LogP) is 0.176. The summed E-state index contributed by atoms with van der Waals surface area (Å²) < 4.78 is 4.58. The molecular formula is C7H10N2O2. The molecule has 0 spiro atoms. The van der Waals surface area contributed by atoms with Crippen LogP contribution >= 0.6 is 0 Å². The fourth-order valence-corrected chi connectivity index (χ4v) is 0.490. The molecule has 0 unspecified atom stereocenters. The molecule has 0 fully saturated rings. The Bertz CT molecular complexity index is 203. The fraction of sp³-hybridized carbons (Fsp3) is 0.429. The molecule has 0 rings (SSSR count). The SMILES string of the molecule is CCOC(=O)C(C#N)=CNC. The van der Waals surface area contributed by atoms with Crippen LogP contribution in [0.3, 0.4) is 0 Å². The van der Waals surface area contributed by atoms with E-state index in [1.807, 2.05) is 0 Å². The van der Waals surface area contributed by atoms with Crippen LogP contribution in [0.25, 0.3) is 0 Å². The molecule has 0 aromatic rings. The van der Waals surface area contributed by atoms with Crippen molar-refractivity contribution < 1.29 is 9.53 Å². The molecule has 0 bridgehead atoms. The third-order valence-corrected chi connectivity index (χ3v) is 0.904. The molecular weight excluding hydrogens is 144 g/mol. The van der Waals surface area contributed by atoms with E-state index in [0.29, 0.717) is 0 Å². The van der Waals surface area contributed by atoms with E-state index >= 15 is 0 Å². The first-order valence-electron chi connectivity index (χ1n) is 3.20. The minimum atomic E-state index is -0.593. The van der Waals surface area contributed by atoms with Crippen molar-refractivity contribution in [3.63, 3.8) is 0 Å². The number of esters is 1. The molecule has 0 saturated heterocycles. The minimum absolute atomic E-state index is 0.0191. The Kier molecular flexibility index (Phi) is 4.58. The number of hydrogen-bond acceptors (Lipinski definition) is 4. The molecule has 0 heterocycles. The molecule has 0 atom stereocenters. The number of ether oxygens (including phenoxy) is 1. The molecule has 0 saturated carbocycles. The maximum absolute atomic E-state index is 10.8. The second-order valence-electron chi connectivity index (χ2n) is 1.68. The summed E-state index contributed by atoms with van der Waals surface area (Å²) in [6, 6.07) is 1.71. The van der Waals surface area contributed by atoms with Gasteiger partial charge in [0, 0.05) is 13.2 Å². The van der Waals surface area contributed by atoms with Crippen LogP contribution in [0.2, 0.25) is 0 Å². The number of hydrogen-bond donors (Lipinski definition) is 1. The normalized spacial score (nSPS) is 10.1. The first kappa shape index (κ1) is 9.50. The van der Waals surface area contributed by atoms with Gasteiger partial charge in [-0.05, 0) is 6.92 Å². The average Bonchev–Trinajstić information content (AvgIpc) is 2.00. The molecule has 60 valence electrons. The highest BCUT2D eigenvalue weighted by Gasteiger charge is 2.07. The highest BCUT2D eigenvalue weighted by Crippen LogP contribution is 1.93. The van der Waals surface area contributed by atoms with E-state index < -0.39 is 5.97 Å². The lowest BCUT2D eigenvalue weighted by atomic mass is 10.3. The zero-order valence-electron chi connectivity index (χ0n) is 6.55. The van der Waals surface area contributed by atoms with Crippen LogP contribution in [-0.2, 0) is 9.53 Å². The van der Waals surface area contributed by atoms with Crippen molar-refractivity contribution in [1.82, 2.24) is 5.32 Å². The average molecular weight is 154 g/mol. The van der Waals surface area contributed by atoms with Gasteiger partial charge >= 0.3 is 5.97 Å². The van der Waals surface area contributed by atoms with Gasteiger partial charge in [-0.15, -0.1) is 0 Å². The van der Waals surface area contributed by atoms with Crippen LogP contribution in [0.15, 0.2) is 11.8 Å². The Morgan fingerprint density at radius 3 is 2.82 bits per heavy atom. The molecule has 0 aliphatic heterocycles. The second-order valence-corrected chi connectivity index (χ2v) is 1.68. The molecule has 11 heavy (non-hydrogen) atoms. The lowest BCUT2D eigenvalue weighted by molar-refractivity contribution is -0.138. The van der Waals surface area contributed by atoms with Gasteiger partial charge in [0.15, 0.2) is 5.57 Å². The predicted molar refractivity (Wildman–Crippen MR) is 39.4 cm³/mol. The topological polar surface area (TPSA) is 62.1 Å². The lowest BCUT2D eigenvalue weighted by Crippen LogP contribution is -2.09. The van der Waals surface area contributed by atoms with Crippen molar-refractivity contribution in [2.45, 2.75) is 6.92 Å². The smallest absolute Gasteiger partial charge is 0.350 e. The number of nitriles is 1. The van der Waals surface area contributed by atoms with E-state index in [-0.39, 0.29) is 12.2 Å². The van der Waals surface area contributed by atoms with Crippen LogP contribution in [0.1, 0.15) is 6.92 Å². The van der Waals surface area contributed by atoms with Gasteiger partial charge in [0.2, 0.25) is 0 Å². The molecule has 4 heteroatoms. The molecule has 1 N–H and O–H groups in total. The third-order valence-electron chi connectivity index (χ3n) is 0.904. The van der Waals surface area contributed by atoms with Gasteiger partial charge in [0.25, 0.3) is 0 Å². The van der Waals surface area contributed by atoms with E-state index in [9.17, 15) is 4.79 Å². The zero-order valence-corrected chi connectivity index (χ0v) is 6.55. The highest BCUT2D eigenvalue weighted by atomic mass is 16.5. The Hall–Kier alpha value is -1.50. The van der Waals surface area contributed by atoms with E-state index in [0.717, 1.165) is 0 Å². The summed E-state index contributed by atoms with van der Waals surface area (Å²) in [6.07, 6.45) is 1.30. The summed E-state index contributed by atoms with van der Waals surface area (Å²) >= 11 is 0. The minimum Gasteiger partial charge on any atom is -0.462 e. The zero-order chi connectivity index (χ0) is 8.69. The summed E-state index contributed by atoms with van der Waals surface area (Å²) in [5.74, 6) is -0.593. The van der Waals surface area contributed by atoms with Gasteiger partial charge in [0.1, 0.15) is 6.07 Å². The third kappa shape index (κ3) is 3.26. The Labute approximate surface area is 65.5 Å². The first-order chi connectivity index (χ1) is 5.26. The number of carbonyl (C=O) groups is 1. The van der Waals surface area contributed by atoms with E-state index in [2.05, 4.69) is 10.1 Å². The summed E-state index contributed by atoms with van der Waals surface area (Å²) in [5, 5.41) is 11.0. The van der Waals surface area contributed by atoms with Crippen molar-refractivity contribution in [1.29, 1.82) is 5.26 Å². The largest absolute Gasteiger partial charge is 0.462 e. The highest BCUT2D eigenvalue weighted by molar-refractivity contribution is 5.92. The van der Waals surface area contributed by atoms with Gasteiger partial charge in [0.05, 0.1) is 6.61 Å². The van der Waals surface area contributed by atoms with Gasteiger partial charge in [-0.25, -0.2) is 4.79 Å². The summed E-state index contributed by atoms with van der Waals surface area (Å²) in [7, 11) is 1.61. The van der Waals surface area contributed by atoms with Crippen molar-refractivity contribution in [2.24, 2.45) is 0 Å². The quantitative estimate of drug-likeness (QED) is 0.358. The summed E-state index contributed by atoms with van der Waals surface area (Å²) in [6.45, 7) is 1.97. The van der Waals surface area contributed by atoms with Gasteiger partial charge in [-0.3, -0.25) is 0 Å². The summed E-state index contributed by atoms with van der Waals surface area (Å²) in [5.41, 5.74) is -0.0191. The number of rotatable bonds is 3.